The third-order valence-electron chi connectivity index (χ3n) is 4.10. The summed E-state index contributed by atoms with van der Waals surface area (Å²) in [6.07, 6.45) is 1.02. The summed E-state index contributed by atoms with van der Waals surface area (Å²) in [6, 6.07) is 6.96. The van der Waals surface area contributed by atoms with Gasteiger partial charge in [-0.2, -0.15) is 0 Å². The zero-order valence-corrected chi connectivity index (χ0v) is 16.4. The minimum absolute atomic E-state index is 0.0437. The van der Waals surface area contributed by atoms with Gasteiger partial charge >= 0.3 is 0 Å². The first-order chi connectivity index (χ1) is 11.9. The van der Waals surface area contributed by atoms with Gasteiger partial charge in [0.25, 0.3) is 5.91 Å². The Hall–Kier alpha value is -1.59. The minimum Gasteiger partial charge on any atom is -0.353 e. The number of benzene rings is 1. The molecule has 6 heteroatoms. The quantitative estimate of drug-likeness (QED) is 0.668. The molecule has 0 radical (unpaired) electrons. The molecule has 0 aliphatic carbocycles. The fraction of sp³-hybridized carbons (Fsp3) is 0.579. The van der Waals surface area contributed by atoms with Gasteiger partial charge in [0.1, 0.15) is 0 Å². The van der Waals surface area contributed by atoms with Gasteiger partial charge in [-0.05, 0) is 43.6 Å². The smallest absolute Gasteiger partial charge is 0.251 e. The number of carbonyl (C=O) groups excluding carboxylic acids is 2. The fourth-order valence-electron chi connectivity index (χ4n) is 2.83. The Labute approximate surface area is 156 Å². The maximum absolute atomic E-state index is 12.1. The van der Waals surface area contributed by atoms with Crippen LogP contribution in [0, 0.1) is 5.92 Å². The van der Waals surface area contributed by atoms with Crippen LogP contribution in [0.25, 0.3) is 0 Å². The number of amides is 2. The zero-order valence-electron chi connectivity index (χ0n) is 15.6. The van der Waals surface area contributed by atoms with Crippen molar-refractivity contribution in [1.82, 2.24) is 15.5 Å². The van der Waals surface area contributed by atoms with Gasteiger partial charge in [0, 0.05) is 23.2 Å². The van der Waals surface area contributed by atoms with Gasteiger partial charge in [-0.15, -0.1) is 0 Å². The fourth-order valence-corrected chi connectivity index (χ4v) is 3.02. The molecular weight excluding hydrogens is 338 g/mol. The van der Waals surface area contributed by atoms with Crippen molar-refractivity contribution in [2.24, 2.45) is 5.92 Å². The van der Waals surface area contributed by atoms with E-state index in [9.17, 15) is 9.59 Å². The maximum Gasteiger partial charge on any atom is 0.251 e. The Morgan fingerprint density at radius 2 is 1.84 bits per heavy atom. The van der Waals surface area contributed by atoms with Crippen LogP contribution in [0.5, 0.6) is 0 Å². The Balaban J connectivity index is 2.47. The molecule has 1 aromatic rings. The van der Waals surface area contributed by atoms with Crippen molar-refractivity contribution in [1.29, 1.82) is 0 Å². The summed E-state index contributed by atoms with van der Waals surface area (Å²) in [5.74, 6) is 0.0708. The van der Waals surface area contributed by atoms with E-state index in [4.69, 9.17) is 11.6 Å². The summed E-state index contributed by atoms with van der Waals surface area (Å²) < 4.78 is 0. The summed E-state index contributed by atoms with van der Waals surface area (Å²) in [4.78, 5) is 26.4. The standard InChI is InChI=1S/C19H30ClN3O2/c1-5-23(6-2)17(10-14(3)4)12-21-18(24)13-22-19(25)15-8-7-9-16(20)11-15/h7-9,11,14,17H,5-6,10,12-13H2,1-4H3,(H,21,24)(H,22,25)/t17-/m0/s1. The van der Waals surface area contributed by atoms with Crippen molar-refractivity contribution in [3.8, 4) is 0 Å². The number of halogens is 1. The van der Waals surface area contributed by atoms with Crippen LogP contribution in [-0.4, -0.2) is 48.9 Å². The minimum atomic E-state index is -0.305. The summed E-state index contributed by atoms with van der Waals surface area (Å²) >= 11 is 5.87. The molecule has 140 valence electrons. The Morgan fingerprint density at radius 3 is 2.40 bits per heavy atom. The van der Waals surface area contributed by atoms with E-state index < -0.39 is 0 Å². The van der Waals surface area contributed by atoms with Crippen LogP contribution >= 0.6 is 11.6 Å². The molecule has 0 saturated heterocycles. The van der Waals surface area contributed by atoms with Gasteiger partial charge in [0.2, 0.25) is 5.91 Å². The molecule has 2 amide bonds. The number of rotatable bonds is 10. The predicted molar refractivity (Wildman–Crippen MR) is 103 cm³/mol. The van der Waals surface area contributed by atoms with E-state index in [0.717, 1.165) is 19.5 Å². The van der Waals surface area contributed by atoms with Crippen molar-refractivity contribution in [2.75, 3.05) is 26.2 Å². The first kappa shape index (κ1) is 21.5. The average molecular weight is 368 g/mol. The van der Waals surface area contributed by atoms with Crippen LogP contribution in [-0.2, 0) is 4.79 Å². The van der Waals surface area contributed by atoms with Gasteiger partial charge in [-0.3, -0.25) is 14.5 Å². The highest BCUT2D eigenvalue weighted by Crippen LogP contribution is 2.11. The van der Waals surface area contributed by atoms with Gasteiger partial charge in [0.15, 0.2) is 0 Å². The predicted octanol–water partition coefficient (Wildman–Crippen LogP) is 2.94. The molecule has 0 bridgehead atoms. The van der Waals surface area contributed by atoms with Gasteiger partial charge in [0.05, 0.1) is 6.54 Å². The highest BCUT2D eigenvalue weighted by atomic mass is 35.5. The lowest BCUT2D eigenvalue weighted by molar-refractivity contribution is -0.120. The van der Waals surface area contributed by atoms with Crippen molar-refractivity contribution in [3.05, 3.63) is 34.9 Å². The zero-order chi connectivity index (χ0) is 18.8. The number of likely N-dealkylation sites (N-methyl/N-ethyl adjacent to an activating group) is 1. The van der Waals surface area contributed by atoms with Crippen molar-refractivity contribution < 1.29 is 9.59 Å². The molecule has 1 atom stereocenters. The summed E-state index contributed by atoms with van der Waals surface area (Å²) in [5.41, 5.74) is 0.445. The van der Waals surface area contributed by atoms with Gasteiger partial charge < -0.3 is 10.6 Å². The van der Waals surface area contributed by atoms with E-state index in [2.05, 4.69) is 43.2 Å². The number of nitrogens with one attached hydrogen (secondary N) is 2. The van der Waals surface area contributed by atoms with Gasteiger partial charge in [-0.1, -0.05) is 45.4 Å². The number of hydrogen-bond donors (Lipinski definition) is 2. The highest BCUT2D eigenvalue weighted by molar-refractivity contribution is 6.30. The highest BCUT2D eigenvalue weighted by Gasteiger charge is 2.18. The molecule has 0 aliphatic rings. The molecule has 0 aliphatic heterocycles. The molecule has 25 heavy (non-hydrogen) atoms. The molecule has 0 heterocycles. The van der Waals surface area contributed by atoms with E-state index >= 15 is 0 Å². The van der Waals surface area contributed by atoms with E-state index in [0.29, 0.717) is 29.1 Å². The van der Waals surface area contributed by atoms with E-state index in [-0.39, 0.29) is 18.4 Å². The van der Waals surface area contributed by atoms with Crippen LogP contribution in [0.15, 0.2) is 24.3 Å². The summed E-state index contributed by atoms with van der Waals surface area (Å²) in [5, 5.41) is 6.05. The second-order valence-electron chi connectivity index (χ2n) is 6.50. The number of carbonyl (C=O) groups is 2. The average Bonchev–Trinajstić information content (AvgIpc) is 2.57. The second kappa shape index (κ2) is 11.1. The molecule has 0 saturated carbocycles. The summed E-state index contributed by atoms with van der Waals surface area (Å²) in [7, 11) is 0. The Bertz CT molecular complexity index is 559. The molecule has 0 unspecified atom stereocenters. The SMILES string of the molecule is CCN(CC)[C@H](CNC(=O)CNC(=O)c1cccc(Cl)c1)CC(C)C. The molecule has 0 spiro atoms. The second-order valence-corrected chi connectivity index (χ2v) is 6.94. The normalized spacial score (nSPS) is 12.3. The lowest BCUT2D eigenvalue weighted by Crippen LogP contribution is -2.46. The van der Waals surface area contributed by atoms with Crippen LogP contribution in [0.3, 0.4) is 0 Å². The molecule has 5 nitrogen and oxygen atoms in total. The van der Waals surface area contributed by atoms with Crippen LogP contribution < -0.4 is 10.6 Å². The molecular formula is C19H30ClN3O2. The van der Waals surface area contributed by atoms with E-state index in [1.54, 1.807) is 24.3 Å². The first-order valence-corrected chi connectivity index (χ1v) is 9.29. The molecule has 0 aromatic heterocycles. The number of hydrogen-bond acceptors (Lipinski definition) is 3. The van der Waals surface area contributed by atoms with Crippen molar-refractivity contribution in [3.63, 3.8) is 0 Å². The van der Waals surface area contributed by atoms with Crippen LogP contribution in [0.2, 0.25) is 5.02 Å². The molecule has 1 rings (SSSR count). The molecule has 1 aromatic carbocycles. The van der Waals surface area contributed by atoms with E-state index in [1.807, 2.05) is 0 Å². The molecule has 2 N–H and O–H groups in total. The maximum atomic E-state index is 12.1. The third kappa shape index (κ3) is 7.88. The van der Waals surface area contributed by atoms with E-state index in [1.165, 1.54) is 0 Å². The van der Waals surface area contributed by atoms with Crippen LogP contribution in [0.1, 0.15) is 44.5 Å². The largest absolute Gasteiger partial charge is 0.353 e. The Kier molecular flexibility index (Phi) is 9.53. The van der Waals surface area contributed by atoms with Crippen LogP contribution in [0.4, 0.5) is 0 Å². The lowest BCUT2D eigenvalue weighted by atomic mass is 10.0. The topological polar surface area (TPSA) is 61.4 Å². The molecule has 0 fully saturated rings. The Morgan fingerprint density at radius 1 is 1.16 bits per heavy atom. The van der Waals surface area contributed by atoms with Gasteiger partial charge in [-0.25, -0.2) is 0 Å². The number of nitrogens with zero attached hydrogens (tertiary/aromatic N) is 1. The third-order valence-corrected chi connectivity index (χ3v) is 4.34. The van der Waals surface area contributed by atoms with Crippen molar-refractivity contribution >= 4 is 23.4 Å². The monoisotopic (exact) mass is 367 g/mol. The lowest BCUT2D eigenvalue weighted by Gasteiger charge is -2.31. The summed E-state index contributed by atoms with van der Waals surface area (Å²) in [6.45, 7) is 11.1. The van der Waals surface area contributed by atoms with Crippen molar-refractivity contribution in [2.45, 2.75) is 40.2 Å². The first-order valence-electron chi connectivity index (χ1n) is 8.91.